The molecule has 1 aromatic rings. The van der Waals surface area contributed by atoms with Gasteiger partial charge in [0.05, 0.1) is 6.20 Å². The summed E-state index contributed by atoms with van der Waals surface area (Å²) in [6.45, 7) is 0. The Balaban J connectivity index is 0.00000162. The summed E-state index contributed by atoms with van der Waals surface area (Å²) in [7, 11) is -1.99. The van der Waals surface area contributed by atoms with Gasteiger partial charge in [0.25, 0.3) is 10.0 Å². The fraction of sp³-hybridized carbons (Fsp3) is 0.778. The summed E-state index contributed by atoms with van der Waals surface area (Å²) in [4.78, 5) is 0. The first-order chi connectivity index (χ1) is 7.99. The van der Waals surface area contributed by atoms with Crippen LogP contribution in [-0.2, 0) is 17.1 Å². The molecule has 1 fully saturated rings. The van der Waals surface area contributed by atoms with Crippen LogP contribution in [0.2, 0.25) is 0 Å². The minimum absolute atomic E-state index is 0. The van der Waals surface area contributed by atoms with Crippen molar-refractivity contribution in [2.24, 2.45) is 12.8 Å². The Morgan fingerprint density at radius 1 is 1.50 bits per heavy atom. The van der Waals surface area contributed by atoms with E-state index in [4.69, 9.17) is 5.73 Å². The van der Waals surface area contributed by atoms with E-state index in [0.717, 1.165) is 19.3 Å². The topological polar surface area (TPSA) is 103 Å². The first kappa shape index (κ1) is 15.4. The van der Waals surface area contributed by atoms with Crippen LogP contribution in [0.25, 0.3) is 0 Å². The number of nitrogens with two attached hydrogens (primary N) is 1. The summed E-state index contributed by atoms with van der Waals surface area (Å²) in [5, 5.41) is 7.26. The zero-order chi connectivity index (χ0) is 12.5. The molecule has 0 radical (unpaired) electrons. The second kappa shape index (κ2) is 5.96. The molecular formula is C9H18ClN5O2S. The lowest BCUT2D eigenvalue weighted by Gasteiger charge is -2.26. The highest BCUT2D eigenvalue weighted by molar-refractivity contribution is 7.89. The lowest BCUT2D eigenvalue weighted by molar-refractivity contribution is 0.370. The monoisotopic (exact) mass is 295 g/mol. The van der Waals surface area contributed by atoms with Gasteiger partial charge < -0.3 is 5.73 Å². The average molecular weight is 296 g/mol. The number of hydrogen-bond donors (Lipinski definition) is 2. The van der Waals surface area contributed by atoms with Crippen molar-refractivity contribution < 1.29 is 8.42 Å². The summed E-state index contributed by atoms with van der Waals surface area (Å²) in [6.07, 6.45) is 4.68. The number of nitrogens with one attached hydrogen (secondary N) is 1. The van der Waals surface area contributed by atoms with E-state index in [2.05, 4.69) is 15.0 Å². The smallest absolute Gasteiger partial charge is 0.259 e. The van der Waals surface area contributed by atoms with Gasteiger partial charge >= 0.3 is 0 Å². The maximum Gasteiger partial charge on any atom is 0.259 e. The number of halogens is 1. The molecule has 0 amide bonds. The van der Waals surface area contributed by atoms with Crippen molar-refractivity contribution in [2.75, 3.05) is 0 Å². The zero-order valence-electron chi connectivity index (χ0n) is 10.1. The van der Waals surface area contributed by atoms with E-state index in [1.807, 2.05) is 0 Å². The Morgan fingerprint density at radius 2 is 2.22 bits per heavy atom. The summed E-state index contributed by atoms with van der Waals surface area (Å²) < 4.78 is 28.0. The van der Waals surface area contributed by atoms with Crippen molar-refractivity contribution in [3.8, 4) is 0 Å². The molecule has 1 aliphatic rings. The molecule has 2 rings (SSSR count). The molecule has 9 heteroatoms. The van der Waals surface area contributed by atoms with Crippen molar-refractivity contribution in [3.63, 3.8) is 0 Å². The largest absolute Gasteiger partial charge is 0.328 e. The summed E-state index contributed by atoms with van der Waals surface area (Å²) >= 11 is 0. The van der Waals surface area contributed by atoms with Crippen LogP contribution in [0.4, 0.5) is 0 Å². The van der Waals surface area contributed by atoms with Gasteiger partial charge in [-0.3, -0.25) is 0 Å². The molecule has 0 bridgehead atoms. The first-order valence-corrected chi connectivity index (χ1v) is 7.10. The van der Waals surface area contributed by atoms with Gasteiger partial charge in [0.1, 0.15) is 0 Å². The molecule has 0 aliphatic heterocycles. The van der Waals surface area contributed by atoms with Gasteiger partial charge in [-0.05, 0) is 19.3 Å². The van der Waals surface area contributed by atoms with Crippen LogP contribution in [0, 0.1) is 0 Å². The molecule has 2 atom stereocenters. The summed E-state index contributed by atoms with van der Waals surface area (Å²) in [5.41, 5.74) is 5.83. The summed E-state index contributed by atoms with van der Waals surface area (Å²) in [6, 6.07) is -0.000220. The zero-order valence-corrected chi connectivity index (χ0v) is 11.7. The van der Waals surface area contributed by atoms with Gasteiger partial charge in [0, 0.05) is 19.1 Å². The predicted octanol–water partition coefficient (Wildman–Crippen LogP) is -0.215. The van der Waals surface area contributed by atoms with E-state index < -0.39 is 10.0 Å². The van der Waals surface area contributed by atoms with Gasteiger partial charge in [-0.15, -0.1) is 17.5 Å². The SMILES string of the molecule is Cl.Cn1nncc1S(=O)(=O)NC1CCCC(N)C1. The fourth-order valence-electron chi connectivity index (χ4n) is 2.14. The number of nitrogens with zero attached hydrogens (tertiary/aromatic N) is 3. The third kappa shape index (κ3) is 3.41. The normalized spacial score (nSPS) is 24.6. The van der Waals surface area contributed by atoms with Gasteiger partial charge in [-0.25, -0.2) is 17.8 Å². The van der Waals surface area contributed by atoms with Crippen LogP contribution in [0.15, 0.2) is 11.2 Å². The average Bonchev–Trinajstić information content (AvgIpc) is 2.64. The molecule has 0 spiro atoms. The van der Waals surface area contributed by atoms with Gasteiger partial charge in [0.2, 0.25) is 0 Å². The van der Waals surface area contributed by atoms with Gasteiger partial charge in [0.15, 0.2) is 5.03 Å². The molecule has 3 N–H and O–H groups in total. The number of aryl methyl sites for hydroxylation is 1. The molecule has 104 valence electrons. The van der Waals surface area contributed by atoms with E-state index in [-0.39, 0.29) is 29.5 Å². The van der Waals surface area contributed by atoms with Crippen LogP contribution in [-0.4, -0.2) is 35.5 Å². The quantitative estimate of drug-likeness (QED) is 0.803. The molecule has 1 aromatic heterocycles. The highest BCUT2D eigenvalue weighted by Crippen LogP contribution is 2.18. The van der Waals surface area contributed by atoms with Crippen molar-refractivity contribution >= 4 is 22.4 Å². The molecule has 1 heterocycles. The second-order valence-electron chi connectivity index (χ2n) is 4.44. The van der Waals surface area contributed by atoms with Crippen molar-refractivity contribution in [1.29, 1.82) is 0 Å². The first-order valence-electron chi connectivity index (χ1n) is 5.61. The molecule has 0 aromatic carbocycles. The third-order valence-corrected chi connectivity index (χ3v) is 4.55. The Kier molecular flexibility index (Phi) is 5.09. The van der Waals surface area contributed by atoms with Gasteiger partial charge in [-0.2, -0.15) is 0 Å². The van der Waals surface area contributed by atoms with Crippen LogP contribution < -0.4 is 10.5 Å². The predicted molar refractivity (Wildman–Crippen MR) is 68.8 cm³/mol. The molecule has 18 heavy (non-hydrogen) atoms. The van der Waals surface area contributed by atoms with E-state index in [9.17, 15) is 8.42 Å². The summed E-state index contributed by atoms with van der Waals surface area (Å²) in [5.74, 6) is 0. The Hall–Kier alpha value is -0.700. The number of hydrogen-bond acceptors (Lipinski definition) is 5. The minimum atomic E-state index is -3.54. The third-order valence-electron chi connectivity index (χ3n) is 2.98. The van der Waals surface area contributed by atoms with Crippen LogP contribution in [0.1, 0.15) is 25.7 Å². The van der Waals surface area contributed by atoms with Crippen LogP contribution >= 0.6 is 12.4 Å². The van der Waals surface area contributed by atoms with Crippen LogP contribution in [0.5, 0.6) is 0 Å². The molecule has 0 saturated heterocycles. The second-order valence-corrected chi connectivity index (χ2v) is 6.10. The lowest BCUT2D eigenvalue weighted by atomic mass is 9.92. The number of aromatic nitrogens is 3. The minimum Gasteiger partial charge on any atom is -0.328 e. The molecule has 1 aliphatic carbocycles. The molecule has 1 saturated carbocycles. The van der Waals surface area contributed by atoms with E-state index in [0.29, 0.717) is 6.42 Å². The maximum absolute atomic E-state index is 12.0. The number of rotatable bonds is 3. The van der Waals surface area contributed by atoms with E-state index in [1.165, 1.54) is 10.9 Å². The van der Waals surface area contributed by atoms with Gasteiger partial charge in [-0.1, -0.05) is 11.6 Å². The fourth-order valence-corrected chi connectivity index (χ4v) is 3.48. The molecular weight excluding hydrogens is 278 g/mol. The molecule has 7 nitrogen and oxygen atoms in total. The Labute approximate surface area is 113 Å². The maximum atomic E-state index is 12.0. The van der Waals surface area contributed by atoms with E-state index in [1.54, 1.807) is 7.05 Å². The van der Waals surface area contributed by atoms with Crippen molar-refractivity contribution in [3.05, 3.63) is 6.20 Å². The van der Waals surface area contributed by atoms with Crippen molar-refractivity contribution in [2.45, 2.75) is 42.8 Å². The van der Waals surface area contributed by atoms with Crippen LogP contribution in [0.3, 0.4) is 0 Å². The number of sulfonamides is 1. The Bertz CT molecular complexity index is 489. The van der Waals surface area contributed by atoms with Crippen molar-refractivity contribution in [1.82, 2.24) is 19.7 Å². The highest BCUT2D eigenvalue weighted by atomic mass is 35.5. The standard InChI is InChI=1S/C9H17N5O2S.ClH/c1-14-9(6-11-13-14)17(15,16)12-8-4-2-3-7(10)5-8;/h6-8,12H,2-5,10H2,1H3;1H. The molecule has 2 unspecified atom stereocenters. The van der Waals surface area contributed by atoms with E-state index >= 15 is 0 Å². The Morgan fingerprint density at radius 3 is 2.78 bits per heavy atom. The lowest BCUT2D eigenvalue weighted by Crippen LogP contribution is -2.42. The highest BCUT2D eigenvalue weighted by Gasteiger charge is 2.26.